The van der Waals surface area contributed by atoms with Crippen molar-refractivity contribution in [2.75, 3.05) is 33.3 Å². The van der Waals surface area contributed by atoms with Crippen molar-refractivity contribution in [3.8, 4) is 0 Å². The van der Waals surface area contributed by atoms with Crippen molar-refractivity contribution in [3.63, 3.8) is 0 Å². The molecule has 0 amide bonds. The van der Waals surface area contributed by atoms with E-state index in [9.17, 15) is 0 Å². The molecule has 0 fully saturated rings. The Hall–Kier alpha value is 0.427. The Morgan fingerprint density at radius 3 is 0.783 bits per heavy atom. The van der Waals surface area contributed by atoms with Crippen LogP contribution in [0.25, 0.3) is 0 Å². The van der Waals surface area contributed by atoms with E-state index in [1.807, 2.05) is 0 Å². The molecule has 0 aromatic rings. The molecule has 0 unspecified atom stereocenters. The summed E-state index contributed by atoms with van der Waals surface area (Å²) in [6.45, 7) is 16.5. The highest BCUT2D eigenvalue weighted by Crippen LogP contribution is 2.17. The molecule has 0 radical (unpaired) electrons. The first-order valence-electron chi connectivity index (χ1n) is 21.3. The van der Waals surface area contributed by atoms with Crippen LogP contribution in [0.5, 0.6) is 0 Å². The van der Waals surface area contributed by atoms with Crippen molar-refractivity contribution in [3.05, 3.63) is 0 Å². The van der Waals surface area contributed by atoms with Crippen molar-refractivity contribution >= 4 is 8.32 Å². The van der Waals surface area contributed by atoms with Crippen LogP contribution in [0.3, 0.4) is 0 Å². The van der Waals surface area contributed by atoms with Gasteiger partial charge in [0.15, 0.2) is 8.32 Å². The van der Waals surface area contributed by atoms with Crippen molar-refractivity contribution in [1.29, 1.82) is 0 Å². The fraction of sp³-hybridized carbons (Fsp3) is 1.00. The maximum absolute atomic E-state index is 6.31. The van der Waals surface area contributed by atoms with Gasteiger partial charge in [0, 0.05) is 0 Å². The minimum absolute atomic E-state index is 0. The molecule has 0 spiro atoms. The number of nitrogens with zero attached hydrogens (tertiary/aromatic N) is 1. The zero-order valence-corrected chi connectivity index (χ0v) is 34.9. The molecular formula is C42H90ClNOSi. The Balaban J connectivity index is 0. The second kappa shape index (κ2) is 36.7. The monoisotopic (exact) mass is 688 g/mol. The van der Waals surface area contributed by atoms with E-state index in [1.54, 1.807) is 0 Å². The fourth-order valence-corrected chi connectivity index (χ4v) is 7.69. The predicted molar refractivity (Wildman–Crippen MR) is 209 cm³/mol. The van der Waals surface area contributed by atoms with Gasteiger partial charge in [-0.25, -0.2) is 0 Å². The van der Waals surface area contributed by atoms with E-state index in [4.69, 9.17) is 4.43 Å². The molecule has 0 atom stereocenters. The van der Waals surface area contributed by atoms with Gasteiger partial charge >= 0.3 is 0 Å². The summed E-state index contributed by atoms with van der Waals surface area (Å²) >= 11 is 0. The molecule has 0 saturated heterocycles. The number of hydrogen-bond donors (Lipinski definition) is 0. The van der Waals surface area contributed by atoms with Gasteiger partial charge in [-0.3, -0.25) is 0 Å². The highest BCUT2D eigenvalue weighted by molar-refractivity contribution is 6.69. The van der Waals surface area contributed by atoms with Crippen LogP contribution in [0.1, 0.15) is 219 Å². The molecule has 4 heteroatoms. The maximum atomic E-state index is 6.31. The van der Waals surface area contributed by atoms with E-state index in [2.05, 4.69) is 40.5 Å². The predicted octanol–water partition coefficient (Wildman–Crippen LogP) is 11.8. The molecule has 0 heterocycles. The first-order valence-corrected chi connectivity index (χ1v) is 24.7. The molecule has 0 aromatic heterocycles. The average Bonchev–Trinajstić information content (AvgIpc) is 3.00. The number of rotatable bonds is 38. The van der Waals surface area contributed by atoms with Crippen LogP contribution in [0.15, 0.2) is 0 Å². The summed E-state index contributed by atoms with van der Waals surface area (Å²) in [6.07, 6.45) is 46.5. The summed E-state index contributed by atoms with van der Waals surface area (Å²) in [4.78, 5) is 0. The van der Waals surface area contributed by atoms with Crippen LogP contribution in [-0.4, -0.2) is 46.1 Å². The van der Waals surface area contributed by atoms with Crippen molar-refractivity contribution in [1.82, 2.24) is 0 Å². The second-order valence-electron chi connectivity index (χ2n) is 16.4. The van der Waals surface area contributed by atoms with E-state index in [-0.39, 0.29) is 12.4 Å². The first-order chi connectivity index (χ1) is 21.8. The number of quaternary nitrogens is 1. The minimum atomic E-state index is -1.42. The zero-order valence-electron chi connectivity index (χ0n) is 33.2. The Bertz CT molecular complexity index is 530. The molecule has 0 aliphatic carbocycles. The average molecular weight is 689 g/mol. The third-order valence-electron chi connectivity index (χ3n) is 10.3. The third kappa shape index (κ3) is 38.9. The third-order valence-corrected chi connectivity index (χ3v) is 11.3. The summed E-state index contributed by atoms with van der Waals surface area (Å²) < 4.78 is 7.55. The van der Waals surface area contributed by atoms with Gasteiger partial charge in [-0.1, -0.05) is 194 Å². The van der Waals surface area contributed by atoms with E-state index in [0.29, 0.717) is 0 Å². The maximum Gasteiger partial charge on any atom is 0.184 e. The van der Waals surface area contributed by atoms with Crippen LogP contribution in [0.2, 0.25) is 19.6 Å². The molecule has 0 bridgehead atoms. The summed E-state index contributed by atoms with van der Waals surface area (Å²) in [5.41, 5.74) is 0. The molecule has 280 valence electrons. The summed E-state index contributed by atoms with van der Waals surface area (Å²) in [5.74, 6) is 0. The van der Waals surface area contributed by atoms with E-state index < -0.39 is 8.32 Å². The SMILES string of the molecule is CCCCCCCCCCCCCCCCCC[N+](C)(CCCCCCCCCCCCCCCCCC)CCO[Si](C)(C)C.[Cl-]. The van der Waals surface area contributed by atoms with Crippen LogP contribution in [0.4, 0.5) is 0 Å². The molecule has 0 aliphatic rings. The smallest absolute Gasteiger partial charge is 0.184 e. The van der Waals surface area contributed by atoms with Gasteiger partial charge in [0.05, 0.1) is 26.7 Å². The topological polar surface area (TPSA) is 9.23 Å². The van der Waals surface area contributed by atoms with Gasteiger partial charge in [0.1, 0.15) is 6.54 Å². The molecule has 0 N–H and O–H groups in total. The molecule has 46 heavy (non-hydrogen) atoms. The normalized spacial score (nSPS) is 12.1. The highest BCUT2D eigenvalue weighted by atomic mass is 35.5. The van der Waals surface area contributed by atoms with Crippen LogP contribution >= 0.6 is 0 Å². The van der Waals surface area contributed by atoms with Gasteiger partial charge in [-0.2, -0.15) is 0 Å². The molecule has 0 aromatic carbocycles. The van der Waals surface area contributed by atoms with Gasteiger partial charge in [-0.05, 0) is 45.3 Å². The van der Waals surface area contributed by atoms with Crippen LogP contribution in [-0.2, 0) is 4.43 Å². The largest absolute Gasteiger partial charge is 1.00 e. The number of unbranched alkanes of at least 4 members (excludes halogenated alkanes) is 30. The minimum Gasteiger partial charge on any atom is -1.00 e. The molecule has 0 aliphatic heterocycles. The van der Waals surface area contributed by atoms with Gasteiger partial charge < -0.3 is 21.3 Å². The second-order valence-corrected chi connectivity index (χ2v) is 20.9. The fourth-order valence-electron chi connectivity index (χ4n) is 6.99. The molecule has 0 rings (SSSR count). The first kappa shape index (κ1) is 48.5. The van der Waals surface area contributed by atoms with Gasteiger partial charge in [0.25, 0.3) is 0 Å². The number of hydrogen-bond acceptors (Lipinski definition) is 1. The van der Waals surface area contributed by atoms with E-state index >= 15 is 0 Å². The lowest BCUT2D eigenvalue weighted by Crippen LogP contribution is -3.00. The van der Waals surface area contributed by atoms with Gasteiger partial charge in [0.2, 0.25) is 0 Å². The summed E-state index contributed by atoms with van der Waals surface area (Å²) in [5, 5.41) is 0. The van der Waals surface area contributed by atoms with Crippen molar-refractivity contribution < 1.29 is 21.3 Å². The number of likely N-dealkylation sites (N-methyl/N-ethyl adjacent to an activating group) is 1. The van der Waals surface area contributed by atoms with Crippen molar-refractivity contribution in [2.24, 2.45) is 0 Å². The summed E-state index contributed by atoms with van der Waals surface area (Å²) in [6, 6.07) is 0. The van der Waals surface area contributed by atoms with Gasteiger partial charge in [-0.15, -0.1) is 0 Å². The number of halogens is 1. The Morgan fingerprint density at radius 2 is 0.565 bits per heavy atom. The lowest BCUT2D eigenvalue weighted by Gasteiger charge is -2.35. The van der Waals surface area contributed by atoms with Crippen LogP contribution < -0.4 is 12.4 Å². The quantitative estimate of drug-likeness (QED) is 0.0356. The standard InChI is InChI=1S/C42H90NOSi.ClH/c1-7-9-11-13-15-17-19-21-23-25-27-29-31-33-35-37-39-43(3,41-42-44-45(4,5)6)40-38-36-34-32-30-28-26-24-22-20-18-16-14-12-10-8-2;/h7-42H2,1-6H3;1H/q+1;/p-1. The van der Waals surface area contributed by atoms with Crippen molar-refractivity contribution in [2.45, 2.75) is 239 Å². The molecule has 0 saturated carbocycles. The Labute approximate surface area is 300 Å². The van der Waals surface area contributed by atoms with E-state index in [1.165, 1.54) is 230 Å². The van der Waals surface area contributed by atoms with Crippen LogP contribution in [0, 0.1) is 0 Å². The lowest BCUT2D eigenvalue weighted by molar-refractivity contribution is -0.910. The molecular weight excluding hydrogens is 598 g/mol. The van der Waals surface area contributed by atoms with E-state index in [0.717, 1.165) is 6.61 Å². The Morgan fingerprint density at radius 1 is 0.348 bits per heavy atom. The zero-order chi connectivity index (χ0) is 33.2. The highest BCUT2D eigenvalue weighted by Gasteiger charge is 2.23. The lowest BCUT2D eigenvalue weighted by atomic mass is 10.0. The Kier molecular flexibility index (Phi) is 38.7. The summed E-state index contributed by atoms with van der Waals surface area (Å²) in [7, 11) is 1.11. The molecule has 2 nitrogen and oxygen atoms in total.